The molecule has 166 valence electrons. The Labute approximate surface area is 175 Å². The lowest BCUT2D eigenvalue weighted by Crippen LogP contribution is -2.41. The number of aliphatic hydroxyl groups is 2. The highest BCUT2D eigenvalue weighted by Gasteiger charge is 2.42. The van der Waals surface area contributed by atoms with Crippen LogP contribution in [0, 0.1) is 17.3 Å². The van der Waals surface area contributed by atoms with Crippen molar-refractivity contribution in [3.05, 3.63) is 12.2 Å². The maximum absolute atomic E-state index is 12.3. The lowest BCUT2D eigenvalue weighted by Gasteiger charge is -2.45. The van der Waals surface area contributed by atoms with Crippen LogP contribution < -0.4 is 0 Å². The van der Waals surface area contributed by atoms with Gasteiger partial charge in [-0.2, -0.15) is 0 Å². The first-order valence-corrected chi connectivity index (χ1v) is 11.6. The molecule has 2 rings (SSSR count). The van der Waals surface area contributed by atoms with Crippen molar-refractivity contribution in [2.24, 2.45) is 17.3 Å². The maximum Gasteiger partial charge on any atom is 0.305 e. The summed E-state index contributed by atoms with van der Waals surface area (Å²) >= 11 is 0. The molecule has 2 aliphatic rings. The van der Waals surface area contributed by atoms with Gasteiger partial charge in [0.05, 0.1) is 19.3 Å². The third-order valence-electron chi connectivity index (χ3n) is 7.13. The van der Waals surface area contributed by atoms with Crippen LogP contribution in [-0.2, 0) is 14.3 Å². The van der Waals surface area contributed by atoms with E-state index < -0.39 is 6.10 Å². The standard InChI is InChI=1S/C24H40O5/c1-3-14-24(15-9-16-24)22(27)12-8-11-19-18(20(25)17-21(19)26)10-6-4-5-7-13-23(28)29-2/h8,11,18-19,21-22,26-27H,3-7,9-10,12-17H2,1-2H3/b11-8+/t18-,19+,21-,22+/m0/s1. The Kier molecular flexibility index (Phi) is 9.84. The molecule has 5 heteroatoms. The molecule has 0 spiro atoms. The largest absolute Gasteiger partial charge is 0.469 e. The van der Waals surface area contributed by atoms with E-state index in [4.69, 9.17) is 0 Å². The zero-order valence-electron chi connectivity index (χ0n) is 18.3. The van der Waals surface area contributed by atoms with Crippen molar-refractivity contribution in [2.45, 2.75) is 103 Å². The van der Waals surface area contributed by atoms with E-state index in [1.54, 1.807) is 0 Å². The number of Topliss-reactive ketones (excluding diaryl/α,β-unsaturated/α-hetero) is 1. The Morgan fingerprint density at radius 1 is 1.28 bits per heavy atom. The van der Waals surface area contributed by atoms with E-state index in [1.807, 2.05) is 12.2 Å². The van der Waals surface area contributed by atoms with Crippen molar-refractivity contribution in [3.63, 3.8) is 0 Å². The molecule has 0 aromatic rings. The van der Waals surface area contributed by atoms with Crippen molar-refractivity contribution < 1.29 is 24.5 Å². The first kappa shape index (κ1) is 24.1. The van der Waals surface area contributed by atoms with Crippen LogP contribution in [-0.4, -0.2) is 41.3 Å². The fraction of sp³-hybridized carbons (Fsp3) is 0.833. The quantitative estimate of drug-likeness (QED) is 0.269. The number of hydrogen-bond donors (Lipinski definition) is 2. The van der Waals surface area contributed by atoms with Crippen LogP contribution in [0.5, 0.6) is 0 Å². The average Bonchev–Trinajstić information content (AvgIpc) is 2.93. The molecule has 0 aromatic carbocycles. The summed E-state index contributed by atoms with van der Waals surface area (Å²) in [5.74, 6) is -0.265. The first-order valence-electron chi connectivity index (χ1n) is 11.6. The van der Waals surface area contributed by atoms with Gasteiger partial charge in [-0.1, -0.05) is 51.2 Å². The Morgan fingerprint density at radius 3 is 2.62 bits per heavy atom. The fourth-order valence-electron chi connectivity index (χ4n) is 5.17. The van der Waals surface area contributed by atoms with Crippen LogP contribution in [0.25, 0.3) is 0 Å². The SMILES string of the molecule is CCCC1([C@H](O)C/C=C/[C@@H]2[C@H](CCCCCCC(=O)OC)C(=O)C[C@@H]2O)CCC1. The summed E-state index contributed by atoms with van der Waals surface area (Å²) in [4.78, 5) is 23.5. The molecule has 2 aliphatic carbocycles. The van der Waals surface area contributed by atoms with Gasteiger partial charge in [0, 0.05) is 24.7 Å². The van der Waals surface area contributed by atoms with Crippen molar-refractivity contribution in [3.8, 4) is 0 Å². The van der Waals surface area contributed by atoms with E-state index in [1.165, 1.54) is 13.5 Å². The summed E-state index contributed by atoms with van der Waals surface area (Å²) in [5, 5.41) is 21.0. The second-order valence-electron chi connectivity index (χ2n) is 9.10. The summed E-state index contributed by atoms with van der Waals surface area (Å²) in [7, 11) is 1.40. The summed E-state index contributed by atoms with van der Waals surface area (Å²) in [6.07, 6.45) is 14.4. The molecule has 5 nitrogen and oxygen atoms in total. The predicted molar refractivity (Wildman–Crippen MR) is 113 cm³/mol. The van der Waals surface area contributed by atoms with Crippen LogP contribution in [0.3, 0.4) is 0 Å². The summed E-state index contributed by atoms with van der Waals surface area (Å²) in [6.45, 7) is 2.17. The van der Waals surface area contributed by atoms with Gasteiger partial charge < -0.3 is 14.9 Å². The van der Waals surface area contributed by atoms with E-state index in [0.29, 0.717) is 12.8 Å². The van der Waals surface area contributed by atoms with Gasteiger partial charge >= 0.3 is 5.97 Å². The molecule has 0 heterocycles. The Bertz CT molecular complexity index is 551. The minimum absolute atomic E-state index is 0.0901. The molecule has 4 atom stereocenters. The summed E-state index contributed by atoms with van der Waals surface area (Å²) < 4.78 is 4.64. The van der Waals surface area contributed by atoms with Crippen molar-refractivity contribution in [2.75, 3.05) is 7.11 Å². The molecule has 2 fully saturated rings. The maximum atomic E-state index is 12.3. The number of unbranched alkanes of at least 4 members (excludes halogenated alkanes) is 3. The lowest BCUT2D eigenvalue weighted by molar-refractivity contribution is -0.140. The van der Waals surface area contributed by atoms with Crippen molar-refractivity contribution >= 4 is 11.8 Å². The smallest absolute Gasteiger partial charge is 0.305 e. The first-order chi connectivity index (χ1) is 13.9. The van der Waals surface area contributed by atoms with Gasteiger partial charge in [0.1, 0.15) is 5.78 Å². The molecule has 0 saturated heterocycles. The van der Waals surface area contributed by atoms with E-state index in [0.717, 1.165) is 57.8 Å². The number of aliphatic hydroxyl groups excluding tert-OH is 2. The van der Waals surface area contributed by atoms with E-state index >= 15 is 0 Å². The number of carbonyl (C=O) groups excluding carboxylic acids is 2. The van der Waals surface area contributed by atoms with Gasteiger partial charge in [-0.25, -0.2) is 0 Å². The normalized spacial score (nSPS) is 27.2. The Morgan fingerprint density at radius 2 is 2.00 bits per heavy atom. The summed E-state index contributed by atoms with van der Waals surface area (Å²) in [6, 6.07) is 0. The number of hydrogen-bond acceptors (Lipinski definition) is 5. The van der Waals surface area contributed by atoms with Gasteiger partial charge in [-0.15, -0.1) is 0 Å². The van der Waals surface area contributed by atoms with Crippen LogP contribution in [0.2, 0.25) is 0 Å². The molecular weight excluding hydrogens is 368 g/mol. The zero-order chi connectivity index (χ0) is 21.3. The highest BCUT2D eigenvalue weighted by atomic mass is 16.5. The molecule has 2 N–H and O–H groups in total. The second kappa shape index (κ2) is 11.8. The highest BCUT2D eigenvalue weighted by Crippen LogP contribution is 2.48. The predicted octanol–water partition coefficient (Wildman–Crippen LogP) is 4.34. The average molecular weight is 409 g/mol. The van der Waals surface area contributed by atoms with E-state index in [9.17, 15) is 19.8 Å². The number of ketones is 1. The van der Waals surface area contributed by atoms with Gasteiger partial charge in [0.2, 0.25) is 0 Å². The Hall–Kier alpha value is -1.20. The molecule has 0 amide bonds. The molecular formula is C24H40O5. The third kappa shape index (κ3) is 6.65. The number of rotatable bonds is 13. The molecule has 2 saturated carbocycles. The Balaban J connectivity index is 1.77. The molecule has 0 aliphatic heterocycles. The number of ether oxygens (including phenoxy) is 1. The van der Waals surface area contributed by atoms with Crippen LogP contribution in [0.4, 0.5) is 0 Å². The topological polar surface area (TPSA) is 83.8 Å². The van der Waals surface area contributed by atoms with Crippen molar-refractivity contribution in [1.82, 2.24) is 0 Å². The molecule has 29 heavy (non-hydrogen) atoms. The van der Waals surface area contributed by atoms with Gasteiger partial charge in [0.25, 0.3) is 0 Å². The summed E-state index contributed by atoms with van der Waals surface area (Å²) in [5.41, 5.74) is 0.0901. The van der Waals surface area contributed by atoms with Crippen LogP contribution >= 0.6 is 0 Å². The molecule has 0 aromatic heterocycles. The molecule has 0 radical (unpaired) electrons. The number of carbonyl (C=O) groups is 2. The fourth-order valence-corrected chi connectivity index (χ4v) is 5.17. The van der Waals surface area contributed by atoms with Crippen LogP contribution in [0.15, 0.2) is 12.2 Å². The van der Waals surface area contributed by atoms with E-state index in [2.05, 4.69) is 11.7 Å². The number of esters is 1. The minimum Gasteiger partial charge on any atom is -0.469 e. The number of methoxy groups -OCH3 is 1. The zero-order valence-corrected chi connectivity index (χ0v) is 18.3. The van der Waals surface area contributed by atoms with E-state index in [-0.39, 0.29) is 41.5 Å². The van der Waals surface area contributed by atoms with Crippen LogP contribution in [0.1, 0.15) is 90.4 Å². The lowest BCUT2D eigenvalue weighted by atomic mass is 9.62. The van der Waals surface area contributed by atoms with Crippen molar-refractivity contribution in [1.29, 1.82) is 0 Å². The third-order valence-corrected chi connectivity index (χ3v) is 7.13. The molecule has 0 unspecified atom stereocenters. The second-order valence-corrected chi connectivity index (χ2v) is 9.10. The highest BCUT2D eigenvalue weighted by molar-refractivity contribution is 5.84. The van der Waals surface area contributed by atoms with Gasteiger partial charge in [-0.05, 0) is 43.9 Å². The minimum atomic E-state index is -0.603. The van der Waals surface area contributed by atoms with Gasteiger partial charge in [0.15, 0.2) is 0 Å². The molecule has 0 bridgehead atoms. The van der Waals surface area contributed by atoms with Gasteiger partial charge in [-0.3, -0.25) is 9.59 Å². The monoisotopic (exact) mass is 408 g/mol.